The molecule has 60 valence electrons. The summed E-state index contributed by atoms with van der Waals surface area (Å²) < 4.78 is 1.81. The Morgan fingerprint density at radius 3 is 2.73 bits per heavy atom. The molecule has 1 aliphatic rings. The first kappa shape index (κ1) is 6.70. The largest absolute Gasteiger partial charge is 0.325 e. The van der Waals surface area contributed by atoms with Gasteiger partial charge in [0.1, 0.15) is 0 Å². The third-order valence-electron chi connectivity index (χ3n) is 2.39. The van der Waals surface area contributed by atoms with Gasteiger partial charge in [-0.15, -0.1) is 0 Å². The summed E-state index contributed by atoms with van der Waals surface area (Å²) >= 11 is 0. The zero-order chi connectivity index (χ0) is 7.68. The minimum atomic E-state index is 0.0388. The van der Waals surface area contributed by atoms with Gasteiger partial charge in [-0.3, -0.25) is 4.57 Å². The van der Waals surface area contributed by atoms with Crippen LogP contribution in [0.3, 0.4) is 0 Å². The van der Waals surface area contributed by atoms with Gasteiger partial charge in [-0.1, -0.05) is 12.8 Å². The second-order valence-electron chi connectivity index (χ2n) is 3.11. The fourth-order valence-electron chi connectivity index (χ4n) is 1.80. The lowest BCUT2D eigenvalue weighted by molar-refractivity contribution is 0.504. The molecule has 0 unspecified atom stereocenters. The molecule has 1 aliphatic carbocycles. The van der Waals surface area contributed by atoms with Crippen molar-refractivity contribution in [3.8, 4) is 0 Å². The molecule has 0 atom stereocenters. The van der Waals surface area contributed by atoms with E-state index in [9.17, 15) is 4.79 Å². The van der Waals surface area contributed by atoms with Crippen LogP contribution in [0.25, 0.3) is 0 Å². The van der Waals surface area contributed by atoms with Crippen molar-refractivity contribution in [1.29, 1.82) is 0 Å². The molecule has 1 aromatic rings. The first-order valence-corrected chi connectivity index (χ1v) is 4.13. The predicted octanol–water partition coefficient (Wildman–Crippen LogP) is 1.29. The normalized spacial score (nSPS) is 19.3. The Kier molecular flexibility index (Phi) is 1.56. The van der Waals surface area contributed by atoms with E-state index in [1.807, 2.05) is 10.8 Å². The molecule has 3 heteroatoms. The summed E-state index contributed by atoms with van der Waals surface area (Å²) in [5.74, 6) is 0. The Hall–Kier alpha value is -0.990. The lowest BCUT2D eigenvalue weighted by Crippen LogP contribution is -2.19. The van der Waals surface area contributed by atoms with Gasteiger partial charge in [0.2, 0.25) is 0 Å². The highest BCUT2D eigenvalue weighted by Gasteiger charge is 2.17. The second kappa shape index (κ2) is 2.57. The summed E-state index contributed by atoms with van der Waals surface area (Å²) in [6.45, 7) is 0. The van der Waals surface area contributed by atoms with Gasteiger partial charge in [0.15, 0.2) is 0 Å². The molecule has 0 aromatic carbocycles. The molecule has 1 saturated carbocycles. The summed E-state index contributed by atoms with van der Waals surface area (Å²) in [4.78, 5) is 13.8. The van der Waals surface area contributed by atoms with Crippen molar-refractivity contribution in [1.82, 2.24) is 9.55 Å². The maximum absolute atomic E-state index is 11.1. The molecular formula is C8H12N2O. The number of nitrogens with one attached hydrogen (secondary N) is 1. The summed E-state index contributed by atoms with van der Waals surface area (Å²) in [6, 6.07) is 0.466. The molecule has 0 aliphatic heterocycles. The standard InChI is InChI=1S/C8H12N2O/c11-8-9-5-6-10(8)7-3-1-2-4-7/h5-7H,1-4H2,(H,9,11). The average Bonchev–Trinajstić information content (AvgIpc) is 2.55. The second-order valence-corrected chi connectivity index (χ2v) is 3.11. The Balaban J connectivity index is 2.28. The minimum absolute atomic E-state index is 0.0388. The van der Waals surface area contributed by atoms with E-state index in [0.29, 0.717) is 6.04 Å². The van der Waals surface area contributed by atoms with E-state index >= 15 is 0 Å². The first-order chi connectivity index (χ1) is 5.38. The fourth-order valence-corrected chi connectivity index (χ4v) is 1.80. The summed E-state index contributed by atoms with van der Waals surface area (Å²) in [5.41, 5.74) is 0.0388. The van der Waals surface area contributed by atoms with E-state index in [2.05, 4.69) is 4.98 Å². The average molecular weight is 152 g/mol. The van der Waals surface area contributed by atoms with Gasteiger partial charge < -0.3 is 4.98 Å². The highest BCUT2D eigenvalue weighted by Crippen LogP contribution is 2.27. The summed E-state index contributed by atoms with van der Waals surface area (Å²) in [6.07, 6.45) is 8.42. The van der Waals surface area contributed by atoms with Gasteiger partial charge in [0.25, 0.3) is 0 Å². The number of aromatic nitrogens is 2. The molecule has 1 aromatic heterocycles. The maximum Gasteiger partial charge on any atom is 0.325 e. The van der Waals surface area contributed by atoms with Gasteiger partial charge in [-0.2, -0.15) is 0 Å². The monoisotopic (exact) mass is 152 g/mol. The number of hydrogen-bond donors (Lipinski definition) is 1. The lowest BCUT2D eigenvalue weighted by atomic mass is 10.2. The van der Waals surface area contributed by atoms with E-state index in [1.54, 1.807) is 6.20 Å². The number of nitrogens with zero attached hydrogens (tertiary/aromatic N) is 1. The summed E-state index contributed by atoms with van der Waals surface area (Å²) in [7, 11) is 0. The zero-order valence-electron chi connectivity index (χ0n) is 6.42. The van der Waals surface area contributed by atoms with Gasteiger partial charge >= 0.3 is 5.69 Å². The molecule has 1 heterocycles. The predicted molar refractivity (Wildman–Crippen MR) is 42.6 cm³/mol. The van der Waals surface area contributed by atoms with Crippen molar-refractivity contribution in [3.05, 3.63) is 22.9 Å². The molecule has 1 fully saturated rings. The Bertz CT molecular complexity index is 280. The van der Waals surface area contributed by atoms with Crippen LogP contribution < -0.4 is 5.69 Å². The fraction of sp³-hybridized carbons (Fsp3) is 0.625. The van der Waals surface area contributed by atoms with E-state index in [1.165, 1.54) is 12.8 Å². The number of rotatable bonds is 1. The molecule has 0 bridgehead atoms. The third-order valence-corrected chi connectivity index (χ3v) is 2.39. The SMILES string of the molecule is O=c1[nH]ccn1C1CCCC1. The van der Waals surface area contributed by atoms with Gasteiger partial charge in [-0.25, -0.2) is 4.79 Å². The molecule has 0 radical (unpaired) electrons. The van der Waals surface area contributed by atoms with Crippen molar-refractivity contribution in [2.45, 2.75) is 31.7 Å². The van der Waals surface area contributed by atoms with E-state index in [4.69, 9.17) is 0 Å². The van der Waals surface area contributed by atoms with E-state index in [0.717, 1.165) is 12.8 Å². The van der Waals surface area contributed by atoms with Crippen LogP contribution in [0.15, 0.2) is 17.2 Å². The summed E-state index contributed by atoms with van der Waals surface area (Å²) in [5, 5.41) is 0. The van der Waals surface area contributed by atoms with Crippen LogP contribution in [0.5, 0.6) is 0 Å². The Morgan fingerprint density at radius 2 is 2.18 bits per heavy atom. The molecule has 1 N–H and O–H groups in total. The highest BCUT2D eigenvalue weighted by molar-refractivity contribution is 4.83. The maximum atomic E-state index is 11.1. The third kappa shape index (κ3) is 1.11. The quantitative estimate of drug-likeness (QED) is 0.647. The molecule has 2 rings (SSSR count). The number of imidazole rings is 1. The van der Waals surface area contributed by atoms with Crippen LogP contribution in [-0.2, 0) is 0 Å². The van der Waals surface area contributed by atoms with Crippen LogP contribution in [0.1, 0.15) is 31.7 Å². The zero-order valence-corrected chi connectivity index (χ0v) is 6.42. The van der Waals surface area contributed by atoms with Crippen LogP contribution in [0.4, 0.5) is 0 Å². The van der Waals surface area contributed by atoms with Crippen LogP contribution in [0, 0.1) is 0 Å². The van der Waals surface area contributed by atoms with Crippen LogP contribution in [-0.4, -0.2) is 9.55 Å². The van der Waals surface area contributed by atoms with Gasteiger partial charge in [0.05, 0.1) is 0 Å². The molecule has 11 heavy (non-hydrogen) atoms. The van der Waals surface area contributed by atoms with Crippen molar-refractivity contribution in [3.63, 3.8) is 0 Å². The Morgan fingerprint density at radius 1 is 1.45 bits per heavy atom. The lowest BCUT2D eigenvalue weighted by Gasteiger charge is -2.07. The van der Waals surface area contributed by atoms with Crippen molar-refractivity contribution < 1.29 is 0 Å². The Labute approximate surface area is 65.1 Å². The topological polar surface area (TPSA) is 37.8 Å². The van der Waals surface area contributed by atoms with Crippen molar-refractivity contribution in [2.24, 2.45) is 0 Å². The molecule has 0 amide bonds. The molecular weight excluding hydrogens is 140 g/mol. The number of aromatic amines is 1. The van der Waals surface area contributed by atoms with E-state index < -0.39 is 0 Å². The smallest absolute Gasteiger partial charge is 0.313 e. The van der Waals surface area contributed by atoms with Crippen molar-refractivity contribution in [2.75, 3.05) is 0 Å². The molecule has 0 spiro atoms. The first-order valence-electron chi connectivity index (χ1n) is 4.13. The van der Waals surface area contributed by atoms with Crippen LogP contribution in [0.2, 0.25) is 0 Å². The number of H-pyrrole nitrogens is 1. The van der Waals surface area contributed by atoms with Gasteiger partial charge in [0, 0.05) is 18.4 Å². The van der Waals surface area contributed by atoms with Gasteiger partial charge in [-0.05, 0) is 12.8 Å². The van der Waals surface area contributed by atoms with E-state index in [-0.39, 0.29) is 5.69 Å². The minimum Gasteiger partial charge on any atom is -0.313 e. The van der Waals surface area contributed by atoms with Crippen LogP contribution >= 0.6 is 0 Å². The molecule has 0 saturated heterocycles. The molecule has 3 nitrogen and oxygen atoms in total. The number of hydrogen-bond acceptors (Lipinski definition) is 1. The van der Waals surface area contributed by atoms with Crippen molar-refractivity contribution >= 4 is 0 Å². The highest BCUT2D eigenvalue weighted by atomic mass is 16.1.